The van der Waals surface area contributed by atoms with E-state index in [1.807, 2.05) is 0 Å². The van der Waals surface area contributed by atoms with Gasteiger partial charge in [0.25, 0.3) is 5.91 Å². The molecule has 2 rings (SSSR count). The highest BCUT2D eigenvalue weighted by Gasteiger charge is 2.30. The summed E-state index contributed by atoms with van der Waals surface area (Å²) in [6.07, 6.45) is -4.94. The number of carboxylic acid groups (broad SMARTS) is 1. The van der Waals surface area contributed by atoms with Gasteiger partial charge in [-0.2, -0.15) is 13.2 Å². The van der Waals surface area contributed by atoms with Gasteiger partial charge in [0, 0.05) is 5.56 Å². The van der Waals surface area contributed by atoms with Crippen molar-refractivity contribution >= 4 is 11.9 Å². The molecule has 2 aromatic rings. The summed E-state index contributed by atoms with van der Waals surface area (Å²) in [7, 11) is 2.85. The first-order valence-corrected chi connectivity index (χ1v) is 8.07. The van der Waals surface area contributed by atoms with Crippen molar-refractivity contribution in [1.29, 1.82) is 0 Å². The molecule has 0 saturated heterocycles. The minimum absolute atomic E-state index is 0.0242. The number of carbonyl (C=O) groups excluding carboxylic acids is 1. The van der Waals surface area contributed by atoms with Gasteiger partial charge in [0.1, 0.15) is 0 Å². The van der Waals surface area contributed by atoms with Crippen LogP contribution in [-0.4, -0.2) is 31.2 Å². The molecule has 1 amide bonds. The number of hydrogen-bond acceptors (Lipinski definition) is 4. The molecule has 28 heavy (non-hydrogen) atoms. The average molecular weight is 397 g/mol. The zero-order valence-electron chi connectivity index (χ0n) is 15.0. The van der Waals surface area contributed by atoms with E-state index >= 15 is 0 Å². The van der Waals surface area contributed by atoms with Gasteiger partial charge in [-0.3, -0.25) is 9.59 Å². The Labute approximate surface area is 158 Å². The molecule has 0 aliphatic heterocycles. The summed E-state index contributed by atoms with van der Waals surface area (Å²) in [4.78, 5) is 23.6. The van der Waals surface area contributed by atoms with E-state index in [0.717, 1.165) is 24.3 Å². The number of hydrogen-bond donors (Lipinski definition) is 2. The molecule has 9 heteroatoms. The lowest BCUT2D eigenvalue weighted by molar-refractivity contribution is -0.138. The van der Waals surface area contributed by atoms with Crippen molar-refractivity contribution in [2.45, 2.75) is 18.6 Å². The van der Waals surface area contributed by atoms with Gasteiger partial charge in [-0.05, 0) is 42.0 Å². The first kappa shape index (κ1) is 21.1. The molecule has 0 aliphatic rings. The Balaban J connectivity index is 2.27. The van der Waals surface area contributed by atoms with Crippen molar-refractivity contribution in [2.24, 2.45) is 0 Å². The van der Waals surface area contributed by atoms with Crippen molar-refractivity contribution in [1.82, 2.24) is 5.32 Å². The Kier molecular flexibility index (Phi) is 6.50. The first-order valence-electron chi connectivity index (χ1n) is 8.07. The second-order valence-electron chi connectivity index (χ2n) is 5.81. The van der Waals surface area contributed by atoms with Crippen LogP contribution in [0.5, 0.6) is 11.5 Å². The molecule has 0 spiro atoms. The number of carbonyl (C=O) groups is 2. The van der Waals surface area contributed by atoms with E-state index in [1.165, 1.54) is 20.3 Å². The highest BCUT2D eigenvalue weighted by atomic mass is 19.4. The van der Waals surface area contributed by atoms with Gasteiger partial charge < -0.3 is 19.9 Å². The molecule has 2 aromatic carbocycles. The Hall–Kier alpha value is -3.23. The maximum Gasteiger partial charge on any atom is 0.416 e. The smallest absolute Gasteiger partial charge is 0.416 e. The normalized spacial score (nSPS) is 12.2. The number of alkyl halides is 3. The molecule has 2 N–H and O–H groups in total. The number of rotatable bonds is 7. The van der Waals surface area contributed by atoms with Gasteiger partial charge in [0.2, 0.25) is 0 Å². The van der Waals surface area contributed by atoms with Crippen molar-refractivity contribution in [3.8, 4) is 11.5 Å². The summed E-state index contributed by atoms with van der Waals surface area (Å²) in [5.41, 5.74) is -0.463. The van der Waals surface area contributed by atoms with Crippen LogP contribution in [0.15, 0.2) is 42.5 Å². The summed E-state index contributed by atoms with van der Waals surface area (Å²) >= 11 is 0. The highest BCUT2D eigenvalue weighted by molar-refractivity contribution is 5.94. The molecule has 1 atom stereocenters. The van der Waals surface area contributed by atoms with Crippen LogP contribution in [0.1, 0.15) is 33.9 Å². The molecule has 0 radical (unpaired) electrons. The van der Waals surface area contributed by atoms with Crippen LogP contribution >= 0.6 is 0 Å². The molecule has 150 valence electrons. The molecule has 0 heterocycles. The van der Waals surface area contributed by atoms with Gasteiger partial charge in [0.15, 0.2) is 11.5 Å². The molecule has 6 nitrogen and oxygen atoms in total. The predicted octanol–water partition coefficient (Wildman–Crippen LogP) is 3.67. The van der Waals surface area contributed by atoms with Crippen LogP contribution in [0.4, 0.5) is 13.2 Å². The van der Waals surface area contributed by atoms with E-state index in [9.17, 15) is 22.8 Å². The third kappa shape index (κ3) is 5.15. The van der Waals surface area contributed by atoms with E-state index in [4.69, 9.17) is 14.6 Å². The van der Waals surface area contributed by atoms with Crippen molar-refractivity contribution < 1.29 is 37.3 Å². The Morgan fingerprint density at radius 3 is 2.14 bits per heavy atom. The molecule has 0 aromatic heterocycles. The lowest BCUT2D eigenvalue weighted by Crippen LogP contribution is -2.30. The van der Waals surface area contributed by atoms with Gasteiger partial charge in [-0.15, -0.1) is 0 Å². The van der Waals surface area contributed by atoms with Crippen molar-refractivity contribution in [3.63, 3.8) is 0 Å². The van der Waals surface area contributed by atoms with E-state index in [2.05, 4.69) is 5.32 Å². The molecule has 1 unspecified atom stereocenters. The largest absolute Gasteiger partial charge is 0.493 e. The summed E-state index contributed by atoms with van der Waals surface area (Å²) in [6, 6.07) is 7.38. The zero-order chi connectivity index (χ0) is 20.9. The maximum absolute atomic E-state index is 12.6. The number of methoxy groups -OCH3 is 2. The zero-order valence-corrected chi connectivity index (χ0v) is 15.0. The second-order valence-corrected chi connectivity index (χ2v) is 5.81. The van der Waals surface area contributed by atoms with Crippen LogP contribution < -0.4 is 14.8 Å². The fraction of sp³-hybridized carbons (Fsp3) is 0.263. The van der Waals surface area contributed by atoms with Gasteiger partial charge in [-0.25, -0.2) is 0 Å². The predicted molar refractivity (Wildman–Crippen MR) is 93.5 cm³/mol. The third-order valence-electron chi connectivity index (χ3n) is 3.97. The number of benzene rings is 2. The number of halogens is 3. The van der Waals surface area contributed by atoms with Crippen molar-refractivity contribution in [3.05, 3.63) is 59.2 Å². The number of aliphatic carboxylic acids is 1. The number of amides is 1. The molecule has 0 bridgehead atoms. The molecule has 0 aliphatic carbocycles. The van der Waals surface area contributed by atoms with Gasteiger partial charge in [-0.1, -0.05) is 6.07 Å². The topological polar surface area (TPSA) is 84.9 Å². The standard InChI is InChI=1S/C19H18F3NO5/c1-27-15-8-5-12(9-16(15)28-2)14(10-17(24)25)23-18(26)11-3-6-13(7-4-11)19(20,21)22/h3-9,14H,10H2,1-2H3,(H,23,26)(H,24,25). The van der Waals surface area contributed by atoms with Crippen LogP contribution in [0, 0.1) is 0 Å². The lowest BCUT2D eigenvalue weighted by atomic mass is 10.0. The average Bonchev–Trinajstić information content (AvgIpc) is 2.65. The van der Waals surface area contributed by atoms with Gasteiger partial charge >= 0.3 is 12.1 Å². The third-order valence-corrected chi connectivity index (χ3v) is 3.97. The highest BCUT2D eigenvalue weighted by Crippen LogP contribution is 2.32. The molecular weight excluding hydrogens is 379 g/mol. The van der Waals surface area contributed by atoms with Crippen LogP contribution in [0.2, 0.25) is 0 Å². The minimum Gasteiger partial charge on any atom is -0.493 e. The number of ether oxygens (including phenoxy) is 2. The minimum atomic E-state index is -4.51. The number of carboxylic acids is 1. The summed E-state index contributed by atoms with van der Waals surface area (Å²) < 4.78 is 48.2. The Morgan fingerprint density at radius 1 is 1.04 bits per heavy atom. The first-order chi connectivity index (χ1) is 13.2. The molecule has 0 saturated carbocycles. The summed E-state index contributed by atoms with van der Waals surface area (Å²) in [5, 5.41) is 11.7. The van der Waals surface area contributed by atoms with Crippen LogP contribution in [0.25, 0.3) is 0 Å². The van der Waals surface area contributed by atoms with Crippen LogP contribution in [-0.2, 0) is 11.0 Å². The second kappa shape index (κ2) is 8.64. The SMILES string of the molecule is COc1ccc(C(CC(=O)O)NC(=O)c2ccc(C(F)(F)F)cc2)cc1OC. The molecule has 0 fully saturated rings. The van der Waals surface area contributed by atoms with E-state index < -0.39 is 36.1 Å². The number of nitrogens with one attached hydrogen (secondary N) is 1. The maximum atomic E-state index is 12.6. The summed E-state index contributed by atoms with van der Waals surface area (Å²) in [5.74, 6) is -1.09. The van der Waals surface area contributed by atoms with E-state index in [-0.39, 0.29) is 5.56 Å². The van der Waals surface area contributed by atoms with Crippen LogP contribution in [0.3, 0.4) is 0 Å². The van der Waals surface area contributed by atoms with Gasteiger partial charge in [0.05, 0.1) is 32.2 Å². The molecular formula is C19H18F3NO5. The Bertz CT molecular complexity index is 850. The Morgan fingerprint density at radius 2 is 1.64 bits per heavy atom. The monoisotopic (exact) mass is 397 g/mol. The van der Waals surface area contributed by atoms with E-state index in [1.54, 1.807) is 12.1 Å². The van der Waals surface area contributed by atoms with E-state index in [0.29, 0.717) is 17.1 Å². The lowest BCUT2D eigenvalue weighted by Gasteiger charge is -2.19. The fourth-order valence-electron chi connectivity index (χ4n) is 2.55. The quantitative estimate of drug-likeness (QED) is 0.745. The van der Waals surface area contributed by atoms with Crippen molar-refractivity contribution in [2.75, 3.05) is 14.2 Å². The fourth-order valence-corrected chi connectivity index (χ4v) is 2.55. The summed E-state index contributed by atoms with van der Waals surface area (Å²) in [6.45, 7) is 0.